The lowest BCUT2D eigenvalue weighted by molar-refractivity contribution is 0.0992. The number of carbonyl (C=O) groups excluding carboxylic acids is 2. The smallest absolute Gasteiger partial charge is 0.409 e. The summed E-state index contributed by atoms with van der Waals surface area (Å²) in [6.45, 7) is 2.46. The second kappa shape index (κ2) is 7.65. The van der Waals surface area contributed by atoms with E-state index in [1.807, 2.05) is 24.3 Å². The fourth-order valence-corrected chi connectivity index (χ4v) is 2.67. The highest BCUT2D eigenvalue weighted by Crippen LogP contribution is 2.13. The number of carbonyl (C=O) groups is 2. The molecule has 3 amide bonds. The van der Waals surface area contributed by atoms with Gasteiger partial charge in [-0.1, -0.05) is 12.1 Å². The molecule has 0 spiro atoms. The van der Waals surface area contributed by atoms with Crippen molar-refractivity contribution in [1.82, 2.24) is 24.6 Å². The van der Waals surface area contributed by atoms with E-state index in [9.17, 15) is 9.59 Å². The van der Waals surface area contributed by atoms with Gasteiger partial charge in [0, 0.05) is 31.9 Å². The van der Waals surface area contributed by atoms with Crippen LogP contribution in [0.15, 0.2) is 36.9 Å². The van der Waals surface area contributed by atoms with Gasteiger partial charge in [0.2, 0.25) is 0 Å². The normalized spacial score (nSPS) is 14.3. The van der Waals surface area contributed by atoms with E-state index >= 15 is 0 Å². The van der Waals surface area contributed by atoms with Crippen LogP contribution in [0.25, 0.3) is 0 Å². The summed E-state index contributed by atoms with van der Waals surface area (Å²) in [5.41, 5.74) is 1.73. The van der Waals surface area contributed by atoms with Crippen molar-refractivity contribution in [3.8, 4) is 0 Å². The third kappa shape index (κ3) is 4.25. The summed E-state index contributed by atoms with van der Waals surface area (Å²) in [6.07, 6.45) is 2.77. The first kappa shape index (κ1) is 16.7. The average molecular weight is 344 g/mol. The van der Waals surface area contributed by atoms with E-state index in [1.165, 1.54) is 13.4 Å². The number of urea groups is 1. The molecular formula is C16H20N6O3. The molecule has 2 aromatic rings. The minimum Gasteiger partial charge on any atom is -0.453 e. The summed E-state index contributed by atoms with van der Waals surface area (Å²) in [5.74, 6) is 0. The van der Waals surface area contributed by atoms with Crippen LogP contribution >= 0.6 is 0 Å². The van der Waals surface area contributed by atoms with E-state index in [2.05, 4.69) is 15.4 Å². The lowest BCUT2D eigenvalue weighted by atomic mass is 10.2. The molecule has 0 unspecified atom stereocenters. The van der Waals surface area contributed by atoms with E-state index in [4.69, 9.17) is 4.74 Å². The first-order valence-corrected chi connectivity index (χ1v) is 7.96. The Morgan fingerprint density at radius 2 is 1.96 bits per heavy atom. The Kier molecular flexibility index (Phi) is 5.12. The fraction of sp³-hybridized carbons (Fsp3) is 0.375. The maximum atomic E-state index is 12.4. The molecule has 132 valence electrons. The Morgan fingerprint density at radius 3 is 2.64 bits per heavy atom. The topological polar surface area (TPSA) is 92.6 Å². The molecular weight excluding hydrogens is 324 g/mol. The van der Waals surface area contributed by atoms with E-state index < -0.39 is 0 Å². The largest absolute Gasteiger partial charge is 0.453 e. The molecule has 25 heavy (non-hydrogen) atoms. The molecule has 9 nitrogen and oxygen atoms in total. The number of anilines is 1. The van der Waals surface area contributed by atoms with Crippen LogP contribution in [0.5, 0.6) is 0 Å². The molecule has 1 saturated heterocycles. The first-order chi connectivity index (χ1) is 12.2. The number of benzene rings is 1. The Morgan fingerprint density at radius 1 is 1.20 bits per heavy atom. The van der Waals surface area contributed by atoms with Gasteiger partial charge >= 0.3 is 12.1 Å². The lowest BCUT2D eigenvalue weighted by Gasteiger charge is -2.33. The van der Waals surface area contributed by atoms with Gasteiger partial charge in [-0.15, -0.1) is 0 Å². The van der Waals surface area contributed by atoms with Crippen molar-refractivity contribution in [3.05, 3.63) is 42.5 Å². The summed E-state index contributed by atoms with van der Waals surface area (Å²) >= 11 is 0. The zero-order valence-corrected chi connectivity index (χ0v) is 14.0. The number of piperazine rings is 1. The van der Waals surface area contributed by atoms with Crippen LogP contribution in [0.2, 0.25) is 0 Å². The van der Waals surface area contributed by atoms with Crippen molar-refractivity contribution >= 4 is 17.8 Å². The predicted molar refractivity (Wildman–Crippen MR) is 90.1 cm³/mol. The summed E-state index contributed by atoms with van der Waals surface area (Å²) in [5, 5.41) is 6.97. The van der Waals surface area contributed by atoms with Crippen LogP contribution in [0.3, 0.4) is 0 Å². The standard InChI is InChI=1S/C16H20N6O3/c1-25-16(24)21-7-5-20(6-8-21)15(23)19-14-4-2-3-13(9-14)10-22-12-17-11-18-22/h2-4,9,11-12H,5-8,10H2,1H3,(H,19,23). The van der Waals surface area contributed by atoms with Gasteiger partial charge in [-0.3, -0.25) is 0 Å². The van der Waals surface area contributed by atoms with E-state index in [0.29, 0.717) is 32.7 Å². The van der Waals surface area contributed by atoms with Crippen LogP contribution in [0.1, 0.15) is 5.56 Å². The minimum absolute atomic E-state index is 0.178. The van der Waals surface area contributed by atoms with Gasteiger partial charge in [0.15, 0.2) is 0 Å². The molecule has 3 rings (SSSR count). The Bertz CT molecular complexity index is 725. The van der Waals surface area contributed by atoms with Gasteiger partial charge in [0.25, 0.3) is 0 Å². The Hall–Kier alpha value is -3.10. The van der Waals surface area contributed by atoms with Crippen LogP contribution in [-0.4, -0.2) is 70.0 Å². The van der Waals surface area contributed by atoms with Crippen LogP contribution in [0, 0.1) is 0 Å². The maximum absolute atomic E-state index is 12.4. The van der Waals surface area contributed by atoms with Gasteiger partial charge in [-0.2, -0.15) is 5.10 Å². The van der Waals surface area contributed by atoms with Crippen molar-refractivity contribution < 1.29 is 14.3 Å². The second-order valence-electron chi connectivity index (χ2n) is 5.67. The van der Waals surface area contributed by atoms with Gasteiger partial charge in [-0.25, -0.2) is 19.3 Å². The molecule has 0 aliphatic carbocycles. The van der Waals surface area contributed by atoms with Gasteiger partial charge in [0.1, 0.15) is 12.7 Å². The molecule has 1 aromatic heterocycles. The molecule has 0 radical (unpaired) electrons. The number of nitrogens with one attached hydrogen (secondary N) is 1. The minimum atomic E-state index is -0.360. The number of aromatic nitrogens is 3. The number of hydrogen-bond donors (Lipinski definition) is 1. The molecule has 9 heteroatoms. The number of hydrogen-bond acceptors (Lipinski definition) is 5. The third-order valence-electron chi connectivity index (χ3n) is 3.99. The van der Waals surface area contributed by atoms with Crippen molar-refractivity contribution in [1.29, 1.82) is 0 Å². The lowest BCUT2D eigenvalue weighted by Crippen LogP contribution is -2.51. The molecule has 1 N–H and O–H groups in total. The number of rotatable bonds is 3. The van der Waals surface area contributed by atoms with E-state index in [-0.39, 0.29) is 12.1 Å². The van der Waals surface area contributed by atoms with Gasteiger partial charge < -0.3 is 19.9 Å². The fourth-order valence-electron chi connectivity index (χ4n) is 2.67. The zero-order valence-electron chi connectivity index (χ0n) is 14.0. The van der Waals surface area contributed by atoms with Crippen molar-refractivity contribution in [3.63, 3.8) is 0 Å². The van der Waals surface area contributed by atoms with Crippen LogP contribution in [0.4, 0.5) is 15.3 Å². The Labute approximate surface area is 145 Å². The summed E-state index contributed by atoms with van der Waals surface area (Å²) < 4.78 is 6.41. The SMILES string of the molecule is COC(=O)N1CCN(C(=O)Nc2cccc(Cn3cncn3)c2)CC1. The van der Waals surface area contributed by atoms with Crippen molar-refractivity contribution in [2.45, 2.75) is 6.54 Å². The predicted octanol–water partition coefficient (Wildman–Crippen LogP) is 1.24. The zero-order chi connectivity index (χ0) is 17.6. The molecule has 1 aliphatic heterocycles. The molecule has 0 bridgehead atoms. The number of ether oxygens (including phenoxy) is 1. The first-order valence-electron chi connectivity index (χ1n) is 7.96. The Balaban J connectivity index is 1.55. The highest BCUT2D eigenvalue weighted by Gasteiger charge is 2.24. The monoisotopic (exact) mass is 344 g/mol. The molecule has 0 atom stereocenters. The van der Waals surface area contributed by atoms with Crippen LogP contribution < -0.4 is 5.32 Å². The van der Waals surface area contributed by atoms with E-state index in [0.717, 1.165) is 11.3 Å². The molecule has 2 heterocycles. The number of methoxy groups -OCH3 is 1. The van der Waals surface area contributed by atoms with Crippen LogP contribution in [-0.2, 0) is 11.3 Å². The highest BCUT2D eigenvalue weighted by molar-refractivity contribution is 5.89. The third-order valence-corrected chi connectivity index (χ3v) is 3.99. The molecule has 1 aromatic carbocycles. The second-order valence-corrected chi connectivity index (χ2v) is 5.67. The quantitative estimate of drug-likeness (QED) is 0.904. The molecule has 1 aliphatic rings. The van der Waals surface area contributed by atoms with Crippen molar-refractivity contribution in [2.75, 3.05) is 38.6 Å². The molecule has 0 saturated carbocycles. The van der Waals surface area contributed by atoms with Crippen molar-refractivity contribution in [2.24, 2.45) is 0 Å². The van der Waals surface area contributed by atoms with E-state index in [1.54, 1.807) is 20.8 Å². The summed E-state index contributed by atoms with van der Waals surface area (Å²) in [4.78, 5) is 31.1. The highest BCUT2D eigenvalue weighted by atomic mass is 16.5. The summed E-state index contributed by atoms with van der Waals surface area (Å²) in [6, 6.07) is 7.42. The maximum Gasteiger partial charge on any atom is 0.409 e. The molecule has 1 fully saturated rings. The van der Waals surface area contributed by atoms with Gasteiger partial charge in [0.05, 0.1) is 13.7 Å². The number of nitrogens with zero attached hydrogens (tertiary/aromatic N) is 5. The summed E-state index contributed by atoms with van der Waals surface area (Å²) in [7, 11) is 1.35. The average Bonchev–Trinajstić information content (AvgIpc) is 3.14. The number of amides is 3. The van der Waals surface area contributed by atoms with Gasteiger partial charge in [-0.05, 0) is 17.7 Å².